The van der Waals surface area contributed by atoms with Gasteiger partial charge in [0.05, 0.1) is 6.54 Å². The number of methoxy groups -OCH3 is 1. The first-order chi connectivity index (χ1) is 12.7. The van der Waals surface area contributed by atoms with Crippen LogP contribution >= 0.6 is 24.8 Å². The predicted molar refractivity (Wildman–Crippen MR) is 115 cm³/mol. The molecule has 1 aromatic carbocycles. The molecule has 1 fully saturated rings. The Hall–Kier alpha value is -1.60. The second kappa shape index (κ2) is 12.1. The molecule has 1 aliphatic rings. The summed E-state index contributed by atoms with van der Waals surface area (Å²) >= 11 is 0. The summed E-state index contributed by atoms with van der Waals surface area (Å²) in [6.07, 6.45) is 7.23. The van der Waals surface area contributed by atoms with Gasteiger partial charge in [-0.3, -0.25) is 4.79 Å². The van der Waals surface area contributed by atoms with E-state index in [4.69, 9.17) is 4.74 Å². The van der Waals surface area contributed by atoms with E-state index in [1.54, 1.807) is 13.3 Å². The lowest BCUT2D eigenvalue weighted by Gasteiger charge is -2.34. The zero-order valence-corrected chi connectivity index (χ0v) is 17.9. The Labute approximate surface area is 179 Å². The summed E-state index contributed by atoms with van der Waals surface area (Å²) in [4.78, 5) is 17.1. The van der Waals surface area contributed by atoms with Crippen molar-refractivity contribution in [2.24, 2.45) is 0 Å². The van der Waals surface area contributed by atoms with Gasteiger partial charge in [-0.1, -0.05) is 30.3 Å². The van der Waals surface area contributed by atoms with Crippen LogP contribution in [0.5, 0.6) is 0 Å². The number of rotatable bonds is 8. The van der Waals surface area contributed by atoms with Crippen LogP contribution in [0, 0.1) is 0 Å². The molecule has 0 bridgehead atoms. The van der Waals surface area contributed by atoms with E-state index in [9.17, 15) is 4.79 Å². The van der Waals surface area contributed by atoms with Crippen molar-refractivity contribution in [2.75, 3.05) is 20.2 Å². The summed E-state index contributed by atoms with van der Waals surface area (Å²) < 4.78 is 7.69. The maximum Gasteiger partial charge on any atom is 0.252 e. The molecule has 2 N–H and O–H groups in total. The Kier molecular flexibility index (Phi) is 10.5. The topological polar surface area (TPSA) is 68.2 Å². The number of nitrogens with zero attached hydrogens (tertiary/aromatic N) is 2. The number of nitrogens with one attached hydrogen (secondary N) is 2. The monoisotopic (exact) mass is 428 g/mol. The third kappa shape index (κ3) is 6.21. The fraction of sp³-hybridized carbons (Fsp3) is 0.500. The van der Waals surface area contributed by atoms with Crippen LogP contribution in [0.3, 0.4) is 0 Å². The molecule has 0 spiro atoms. The first-order valence-corrected chi connectivity index (χ1v) is 9.32. The van der Waals surface area contributed by atoms with E-state index < -0.39 is 5.60 Å². The number of hydrogen-bond acceptors (Lipinski definition) is 4. The van der Waals surface area contributed by atoms with Gasteiger partial charge >= 0.3 is 0 Å². The molecule has 1 amide bonds. The summed E-state index contributed by atoms with van der Waals surface area (Å²) in [7, 11) is 1.62. The summed E-state index contributed by atoms with van der Waals surface area (Å²) in [5, 5.41) is 6.29. The number of imidazole rings is 1. The number of carbonyl (C=O) groups excluding carboxylic acids is 1. The molecule has 0 unspecified atom stereocenters. The number of aryl methyl sites for hydroxylation is 2. The second-order valence-corrected chi connectivity index (χ2v) is 6.76. The lowest BCUT2D eigenvalue weighted by atomic mass is 9.91. The van der Waals surface area contributed by atoms with E-state index >= 15 is 0 Å². The van der Waals surface area contributed by atoms with Crippen LogP contribution in [0.2, 0.25) is 0 Å². The Bertz CT molecular complexity index is 703. The summed E-state index contributed by atoms with van der Waals surface area (Å²) in [6.45, 7) is 2.92. The molecule has 2 heterocycles. The number of benzene rings is 1. The van der Waals surface area contributed by atoms with Crippen LogP contribution in [0.25, 0.3) is 0 Å². The molecule has 28 heavy (non-hydrogen) atoms. The van der Waals surface area contributed by atoms with Crippen LogP contribution in [0.4, 0.5) is 0 Å². The third-order valence-corrected chi connectivity index (χ3v) is 5.13. The van der Waals surface area contributed by atoms with Gasteiger partial charge in [-0.25, -0.2) is 4.98 Å². The highest BCUT2D eigenvalue weighted by atomic mass is 35.5. The number of ether oxygens (including phenoxy) is 1. The Morgan fingerprint density at radius 1 is 1.25 bits per heavy atom. The molecule has 3 rings (SSSR count). The van der Waals surface area contributed by atoms with Gasteiger partial charge in [-0.15, -0.1) is 24.8 Å². The molecule has 6 nitrogen and oxygen atoms in total. The standard InChI is InChI=1S/C20H28N4O2.2ClH/c1-26-20(9-11-21-12-10-20)19(25)23-16-18-22-13-15-24(18)14-5-8-17-6-3-2-4-7-17;;/h2-4,6-7,13,15,21H,5,8-12,14,16H2,1H3,(H,23,25);2*1H. The van der Waals surface area contributed by atoms with Gasteiger partial charge in [0.1, 0.15) is 11.4 Å². The van der Waals surface area contributed by atoms with E-state index in [-0.39, 0.29) is 30.7 Å². The van der Waals surface area contributed by atoms with Gasteiger partial charge < -0.3 is 19.9 Å². The normalized spacial score (nSPS) is 15.2. The molecule has 0 aliphatic carbocycles. The molecule has 1 saturated heterocycles. The molecular formula is C20H30Cl2N4O2. The number of piperidine rings is 1. The largest absolute Gasteiger partial charge is 0.368 e. The van der Waals surface area contributed by atoms with E-state index in [0.29, 0.717) is 19.4 Å². The van der Waals surface area contributed by atoms with Crippen LogP contribution in [-0.2, 0) is 29.0 Å². The van der Waals surface area contributed by atoms with Crippen molar-refractivity contribution in [3.8, 4) is 0 Å². The van der Waals surface area contributed by atoms with Crippen LogP contribution in [0.1, 0.15) is 30.7 Å². The fourth-order valence-corrected chi connectivity index (χ4v) is 3.48. The molecule has 1 aromatic heterocycles. The number of halogens is 2. The van der Waals surface area contributed by atoms with E-state index in [1.165, 1.54) is 5.56 Å². The molecule has 8 heteroatoms. The van der Waals surface area contributed by atoms with Gasteiger partial charge in [0.2, 0.25) is 0 Å². The van der Waals surface area contributed by atoms with Crippen LogP contribution in [0.15, 0.2) is 42.7 Å². The Balaban J connectivity index is 0.00000196. The van der Waals surface area contributed by atoms with Crippen LogP contribution in [-0.4, -0.2) is 41.3 Å². The minimum atomic E-state index is -0.712. The van der Waals surface area contributed by atoms with Crippen molar-refractivity contribution in [1.29, 1.82) is 0 Å². The first-order valence-electron chi connectivity index (χ1n) is 9.32. The SMILES string of the molecule is COC1(C(=O)NCc2nccn2CCCc2ccccc2)CCNCC1.Cl.Cl. The lowest BCUT2D eigenvalue weighted by molar-refractivity contribution is -0.146. The van der Waals surface area contributed by atoms with Crippen molar-refractivity contribution in [3.63, 3.8) is 0 Å². The number of carbonyl (C=O) groups is 1. The minimum absolute atomic E-state index is 0. The highest BCUT2D eigenvalue weighted by Gasteiger charge is 2.39. The number of hydrogen-bond donors (Lipinski definition) is 2. The van der Waals surface area contributed by atoms with Crippen molar-refractivity contribution in [2.45, 2.75) is 44.4 Å². The zero-order chi connectivity index (χ0) is 18.2. The number of aromatic nitrogens is 2. The predicted octanol–water partition coefficient (Wildman–Crippen LogP) is 2.74. The molecule has 2 aromatic rings. The van der Waals surface area contributed by atoms with E-state index in [2.05, 4.69) is 44.5 Å². The molecule has 0 atom stereocenters. The van der Waals surface area contributed by atoms with Gasteiger partial charge in [0, 0.05) is 26.0 Å². The average Bonchev–Trinajstić information content (AvgIpc) is 3.15. The fourth-order valence-electron chi connectivity index (χ4n) is 3.48. The van der Waals surface area contributed by atoms with Gasteiger partial charge in [0.15, 0.2) is 0 Å². The maximum atomic E-state index is 12.7. The molecule has 156 valence electrons. The van der Waals surface area contributed by atoms with Gasteiger partial charge in [-0.05, 0) is 44.3 Å². The van der Waals surface area contributed by atoms with E-state index in [0.717, 1.165) is 38.3 Å². The zero-order valence-electron chi connectivity index (χ0n) is 16.2. The quantitative estimate of drug-likeness (QED) is 0.677. The van der Waals surface area contributed by atoms with Crippen LogP contribution < -0.4 is 10.6 Å². The highest BCUT2D eigenvalue weighted by molar-refractivity contribution is 5.86. The van der Waals surface area contributed by atoms with Crippen molar-refractivity contribution < 1.29 is 9.53 Å². The lowest BCUT2D eigenvalue weighted by Crippen LogP contribution is -2.54. The summed E-state index contributed by atoms with van der Waals surface area (Å²) in [5.41, 5.74) is 0.631. The average molecular weight is 429 g/mol. The molecular weight excluding hydrogens is 399 g/mol. The smallest absolute Gasteiger partial charge is 0.252 e. The van der Waals surface area contributed by atoms with Gasteiger partial charge in [0.25, 0.3) is 5.91 Å². The highest BCUT2D eigenvalue weighted by Crippen LogP contribution is 2.22. The number of amides is 1. The second-order valence-electron chi connectivity index (χ2n) is 6.76. The Morgan fingerprint density at radius 3 is 2.64 bits per heavy atom. The maximum absolute atomic E-state index is 12.7. The minimum Gasteiger partial charge on any atom is -0.368 e. The molecule has 1 aliphatic heterocycles. The third-order valence-electron chi connectivity index (χ3n) is 5.13. The van der Waals surface area contributed by atoms with E-state index in [1.807, 2.05) is 12.3 Å². The Morgan fingerprint density at radius 2 is 1.96 bits per heavy atom. The summed E-state index contributed by atoms with van der Waals surface area (Å²) in [5.74, 6) is 0.840. The molecule has 0 radical (unpaired) electrons. The van der Waals surface area contributed by atoms with Gasteiger partial charge in [-0.2, -0.15) is 0 Å². The molecule has 0 saturated carbocycles. The van der Waals surface area contributed by atoms with Crippen molar-refractivity contribution >= 4 is 30.7 Å². The van der Waals surface area contributed by atoms with Crippen molar-refractivity contribution in [1.82, 2.24) is 20.2 Å². The summed E-state index contributed by atoms with van der Waals surface area (Å²) in [6, 6.07) is 10.5. The first kappa shape index (κ1) is 24.4. The van der Waals surface area contributed by atoms with Crippen molar-refractivity contribution in [3.05, 3.63) is 54.1 Å².